The largest absolute Gasteiger partial charge is 4.00 e. The molecule has 0 aromatic heterocycles. The molecule has 104 valence electrons. The van der Waals surface area contributed by atoms with E-state index in [-0.39, 0.29) is 51.0 Å². The van der Waals surface area contributed by atoms with Crippen LogP contribution < -0.4 is 24.8 Å². The van der Waals surface area contributed by atoms with Gasteiger partial charge in [-0.3, -0.25) is 8.78 Å². The standard InChI is InChI=1S/2C7H8F.2ClH.Zr/c2*1-6-4-2-3-5-7(6)8;;;/h2*2-5,7H,1H3;2*1H;/q2*-1;;;+4/p-2. The van der Waals surface area contributed by atoms with Crippen LogP contribution in [0.5, 0.6) is 0 Å². The first-order chi connectivity index (χ1) is 7.61. The quantitative estimate of drug-likeness (QED) is 0.428. The molecule has 0 fully saturated rings. The van der Waals surface area contributed by atoms with Crippen molar-refractivity contribution in [2.45, 2.75) is 26.2 Å². The topological polar surface area (TPSA) is 0 Å². The van der Waals surface area contributed by atoms with Crippen LogP contribution in [0.25, 0.3) is 0 Å². The molecule has 0 nitrogen and oxygen atoms in total. The predicted octanol–water partition coefficient (Wildman–Crippen LogP) is -1.90. The molecule has 19 heavy (non-hydrogen) atoms. The molecule has 5 heteroatoms. The summed E-state index contributed by atoms with van der Waals surface area (Å²) in [5.41, 5.74) is 0. The van der Waals surface area contributed by atoms with Crippen LogP contribution in [0.4, 0.5) is 8.78 Å². The van der Waals surface area contributed by atoms with Gasteiger partial charge in [-0.05, 0) is 0 Å². The first kappa shape index (κ1) is 24.1. The van der Waals surface area contributed by atoms with Crippen molar-refractivity contribution in [1.29, 1.82) is 0 Å². The maximum Gasteiger partial charge on any atom is 4.00 e. The molecule has 0 saturated heterocycles. The fourth-order valence-corrected chi connectivity index (χ4v) is 1.23. The maximum atomic E-state index is 12.4. The predicted molar refractivity (Wildman–Crippen MR) is 64.2 cm³/mol. The zero-order valence-electron chi connectivity index (χ0n) is 10.8. The van der Waals surface area contributed by atoms with E-state index in [9.17, 15) is 8.78 Å². The van der Waals surface area contributed by atoms with Crippen molar-refractivity contribution in [3.63, 3.8) is 0 Å². The van der Waals surface area contributed by atoms with E-state index in [4.69, 9.17) is 0 Å². The summed E-state index contributed by atoms with van der Waals surface area (Å²) < 4.78 is 24.8. The Bertz CT molecular complexity index is 263. The number of halogens is 4. The van der Waals surface area contributed by atoms with Gasteiger partial charge < -0.3 is 24.8 Å². The molecule has 2 atom stereocenters. The van der Waals surface area contributed by atoms with Crippen molar-refractivity contribution < 1.29 is 59.8 Å². The monoisotopic (exact) mass is 382 g/mol. The summed E-state index contributed by atoms with van der Waals surface area (Å²) in [6.07, 6.45) is 12.1. The Morgan fingerprint density at radius 1 is 0.737 bits per heavy atom. The fourth-order valence-electron chi connectivity index (χ4n) is 1.23. The molecule has 0 bridgehead atoms. The minimum absolute atomic E-state index is 0. The van der Waals surface area contributed by atoms with Crippen molar-refractivity contribution in [3.05, 3.63) is 60.4 Å². The smallest absolute Gasteiger partial charge is 1.00 e. The summed E-state index contributed by atoms with van der Waals surface area (Å²) in [5, 5.41) is 0. The zero-order valence-corrected chi connectivity index (χ0v) is 14.8. The average molecular weight is 384 g/mol. The Labute approximate surface area is 146 Å². The van der Waals surface area contributed by atoms with Crippen molar-refractivity contribution in [2.24, 2.45) is 0 Å². The summed E-state index contributed by atoms with van der Waals surface area (Å²) >= 11 is 0. The number of alkyl halides is 2. The van der Waals surface area contributed by atoms with Crippen LogP contribution in [0, 0.1) is 11.8 Å². The second-order valence-corrected chi connectivity index (χ2v) is 3.78. The van der Waals surface area contributed by atoms with E-state index in [1.54, 1.807) is 38.2 Å². The van der Waals surface area contributed by atoms with Gasteiger partial charge in [0.15, 0.2) is 0 Å². The fraction of sp³-hybridized carbons (Fsp3) is 0.286. The molecule has 0 radical (unpaired) electrons. The summed E-state index contributed by atoms with van der Waals surface area (Å²) in [6, 6.07) is 0. The number of allylic oxidation sites excluding steroid dienone is 8. The number of hydrogen-bond donors (Lipinski definition) is 0. The Kier molecular flexibility index (Phi) is 16.5. The minimum atomic E-state index is -0.847. The normalized spacial score (nSPS) is 22.5. The third-order valence-corrected chi connectivity index (χ3v) is 2.37. The van der Waals surface area contributed by atoms with Crippen molar-refractivity contribution in [1.82, 2.24) is 0 Å². The van der Waals surface area contributed by atoms with E-state index in [0.717, 1.165) is 11.8 Å². The van der Waals surface area contributed by atoms with Crippen molar-refractivity contribution in [2.75, 3.05) is 0 Å². The van der Waals surface area contributed by atoms with E-state index in [1.165, 1.54) is 12.2 Å². The molecule has 0 saturated carbocycles. The Morgan fingerprint density at radius 2 is 1.05 bits per heavy atom. The molecular formula is C14H16Cl2F2Zr. The first-order valence-corrected chi connectivity index (χ1v) is 5.26. The summed E-state index contributed by atoms with van der Waals surface area (Å²) in [6.45, 7) is 3.56. The van der Waals surface area contributed by atoms with Crippen LogP contribution in [0.3, 0.4) is 0 Å². The Hall–Kier alpha value is 0.0231. The van der Waals surface area contributed by atoms with Gasteiger partial charge in [-0.2, -0.15) is 11.8 Å². The maximum absolute atomic E-state index is 12.4. The first-order valence-electron chi connectivity index (χ1n) is 5.26. The van der Waals surface area contributed by atoms with Gasteiger partial charge in [0, 0.05) is 0 Å². The molecule has 0 heterocycles. The molecule has 0 N–H and O–H groups in total. The molecule has 2 aliphatic rings. The van der Waals surface area contributed by atoms with Gasteiger partial charge in [0.25, 0.3) is 0 Å². The van der Waals surface area contributed by atoms with Crippen LogP contribution in [-0.4, -0.2) is 12.3 Å². The number of rotatable bonds is 0. The van der Waals surface area contributed by atoms with Crippen LogP contribution in [0.2, 0.25) is 0 Å². The van der Waals surface area contributed by atoms with Gasteiger partial charge in [0.2, 0.25) is 0 Å². The SMILES string of the molecule is C[C-]1C=CC=CC1F.C[C-]1C=CC=CC1F.[Cl-].[Cl-].[Zr+4]. The molecule has 0 aromatic carbocycles. The van der Waals surface area contributed by atoms with E-state index in [0.29, 0.717) is 0 Å². The molecule has 2 aliphatic carbocycles. The third-order valence-electron chi connectivity index (χ3n) is 2.37. The van der Waals surface area contributed by atoms with Gasteiger partial charge in [0.1, 0.15) is 0 Å². The molecule has 2 rings (SSSR count). The van der Waals surface area contributed by atoms with Gasteiger partial charge in [-0.15, -0.1) is 26.0 Å². The summed E-state index contributed by atoms with van der Waals surface area (Å²) in [7, 11) is 0. The molecular weight excluding hydrogens is 368 g/mol. The van der Waals surface area contributed by atoms with Crippen LogP contribution >= 0.6 is 0 Å². The minimum Gasteiger partial charge on any atom is -1.00 e. The van der Waals surface area contributed by atoms with E-state index in [1.807, 2.05) is 12.2 Å². The third kappa shape index (κ3) is 9.54. The van der Waals surface area contributed by atoms with E-state index in [2.05, 4.69) is 0 Å². The average Bonchev–Trinajstić information content (AvgIpc) is 2.28. The Balaban J connectivity index is -0.000000233. The molecule has 0 spiro atoms. The van der Waals surface area contributed by atoms with Crippen LogP contribution in [-0.2, 0) is 26.2 Å². The zero-order chi connectivity index (χ0) is 12.0. The molecule has 2 unspecified atom stereocenters. The Morgan fingerprint density at radius 3 is 1.21 bits per heavy atom. The summed E-state index contributed by atoms with van der Waals surface area (Å²) in [4.78, 5) is 0. The van der Waals surface area contributed by atoms with Gasteiger partial charge in [-0.25, -0.2) is 24.3 Å². The van der Waals surface area contributed by atoms with E-state index < -0.39 is 12.3 Å². The number of hydrogen-bond acceptors (Lipinski definition) is 0. The van der Waals surface area contributed by atoms with Gasteiger partial charge in [-0.1, -0.05) is 12.2 Å². The summed E-state index contributed by atoms with van der Waals surface area (Å²) in [5.74, 6) is 1.57. The van der Waals surface area contributed by atoms with Gasteiger partial charge >= 0.3 is 26.2 Å². The van der Waals surface area contributed by atoms with Crippen molar-refractivity contribution in [3.8, 4) is 0 Å². The molecule has 0 aromatic rings. The van der Waals surface area contributed by atoms with E-state index >= 15 is 0 Å². The molecule has 0 amide bonds. The van der Waals surface area contributed by atoms with Crippen LogP contribution in [0.1, 0.15) is 13.8 Å². The van der Waals surface area contributed by atoms with Gasteiger partial charge in [0.05, 0.1) is 12.3 Å². The second-order valence-electron chi connectivity index (χ2n) is 3.78. The van der Waals surface area contributed by atoms with Crippen LogP contribution in [0.15, 0.2) is 48.6 Å². The second kappa shape index (κ2) is 13.0. The van der Waals surface area contributed by atoms with Crippen molar-refractivity contribution >= 4 is 0 Å². The molecule has 0 aliphatic heterocycles.